The van der Waals surface area contributed by atoms with Gasteiger partial charge >= 0.3 is 0 Å². The first-order valence-corrected chi connectivity index (χ1v) is 9.00. The third kappa shape index (κ3) is 4.43. The van der Waals surface area contributed by atoms with Crippen LogP contribution in [0.5, 0.6) is 0 Å². The van der Waals surface area contributed by atoms with Crippen molar-refractivity contribution in [2.75, 3.05) is 17.1 Å². The molecule has 2 rings (SSSR count). The predicted molar refractivity (Wildman–Crippen MR) is 91.3 cm³/mol. The first-order chi connectivity index (χ1) is 10.5. The highest BCUT2D eigenvalue weighted by atomic mass is 32.2. The minimum atomic E-state index is -3.38. The molecule has 0 unspecified atom stereocenters. The molecule has 0 bridgehead atoms. The summed E-state index contributed by atoms with van der Waals surface area (Å²) in [6, 6.07) is 13.5. The van der Waals surface area contributed by atoms with Gasteiger partial charge in [0.05, 0.1) is 12.8 Å². The second-order valence-electron chi connectivity index (χ2n) is 4.98. The van der Waals surface area contributed by atoms with E-state index in [0.29, 0.717) is 5.82 Å². The Morgan fingerprint density at radius 2 is 1.91 bits per heavy atom. The number of benzene rings is 1. The molecule has 116 valence electrons. The monoisotopic (exact) mass is 316 g/mol. The van der Waals surface area contributed by atoms with E-state index in [0.717, 1.165) is 17.5 Å². The minimum absolute atomic E-state index is 0.258. The van der Waals surface area contributed by atoms with Crippen molar-refractivity contribution in [3.8, 4) is 0 Å². The summed E-state index contributed by atoms with van der Waals surface area (Å²) in [5.74, 6) is 0.458. The fraction of sp³-hybridized carbons (Fsp3) is 0.235. The highest BCUT2D eigenvalue weighted by molar-refractivity contribution is 7.92. The average molecular weight is 316 g/mol. The quantitative estimate of drug-likeness (QED) is 0.823. The number of aromatic nitrogens is 1. The zero-order valence-corrected chi connectivity index (χ0v) is 13.6. The Balaban J connectivity index is 2.22. The topological polar surface area (TPSA) is 50.3 Å². The van der Waals surface area contributed by atoms with Crippen LogP contribution in [0.4, 0.5) is 5.82 Å². The maximum atomic E-state index is 12.0. The van der Waals surface area contributed by atoms with Crippen LogP contribution in [0.15, 0.2) is 54.7 Å². The number of sulfonamides is 1. The molecule has 0 aliphatic carbocycles. The van der Waals surface area contributed by atoms with Gasteiger partial charge in [-0.25, -0.2) is 13.4 Å². The van der Waals surface area contributed by atoms with Crippen LogP contribution < -0.4 is 4.31 Å². The van der Waals surface area contributed by atoms with E-state index in [4.69, 9.17) is 0 Å². The van der Waals surface area contributed by atoms with Gasteiger partial charge in [-0.15, -0.1) is 0 Å². The smallest absolute Gasteiger partial charge is 0.233 e. The Morgan fingerprint density at radius 1 is 1.18 bits per heavy atom. The first-order valence-electron chi connectivity index (χ1n) is 7.15. The van der Waals surface area contributed by atoms with Crippen LogP contribution in [0, 0.1) is 0 Å². The number of aryl methyl sites for hydroxylation is 1. The minimum Gasteiger partial charge on any atom is -0.250 e. The summed E-state index contributed by atoms with van der Waals surface area (Å²) in [4.78, 5) is 4.19. The van der Waals surface area contributed by atoms with Gasteiger partial charge in [-0.1, -0.05) is 49.4 Å². The van der Waals surface area contributed by atoms with E-state index in [1.807, 2.05) is 61.5 Å². The van der Waals surface area contributed by atoms with Crippen molar-refractivity contribution in [2.45, 2.75) is 13.3 Å². The van der Waals surface area contributed by atoms with Crippen molar-refractivity contribution < 1.29 is 8.42 Å². The van der Waals surface area contributed by atoms with Gasteiger partial charge in [0, 0.05) is 6.20 Å². The molecule has 0 aliphatic rings. The second-order valence-corrected chi connectivity index (χ2v) is 6.89. The van der Waals surface area contributed by atoms with Crippen LogP contribution in [0.25, 0.3) is 6.08 Å². The molecule has 0 saturated carbocycles. The maximum absolute atomic E-state index is 12.0. The summed E-state index contributed by atoms with van der Waals surface area (Å²) >= 11 is 0. The van der Waals surface area contributed by atoms with Gasteiger partial charge in [-0.3, -0.25) is 4.31 Å². The molecule has 0 aliphatic heterocycles. The van der Waals surface area contributed by atoms with E-state index < -0.39 is 10.0 Å². The zero-order chi connectivity index (χ0) is 16.0. The fourth-order valence-corrected chi connectivity index (χ4v) is 2.86. The number of hydrogen-bond donors (Lipinski definition) is 0. The van der Waals surface area contributed by atoms with Crippen LogP contribution in [0.2, 0.25) is 0 Å². The van der Waals surface area contributed by atoms with Gasteiger partial charge in [-0.05, 0) is 29.7 Å². The average Bonchev–Trinajstić information content (AvgIpc) is 2.51. The molecule has 0 radical (unpaired) electrons. The Morgan fingerprint density at radius 3 is 2.55 bits per heavy atom. The molecule has 1 heterocycles. The van der Waals surface area contributed by atoms with E-state index in [1.165, 1.54) is 10.6 Å². The van der Waals surface area contributed by atoms with Gasteiger partial charge in [0.1, 0.15) is 5.82 Å². The lowest BCUT2D eigenvalue weighted by atomic mass is 10.2. The fourth-order valence-electron chi connectivity index (χ4n) is 2.06. The van der Waals surface area contributed by atoms with Crippen LogP contribution in [-0.2, 0) is 16.4 Å². The molecule has 0 amide bonds. The highest BCUT2D eigenvalue weighted by Crippen LogP contribution is 2.16. The van der Waals surface area contributed by atoms with Crippen molar-refractivity contribution in [3.63, 3.8) is 0 Å². The molecule has 0 spiro atoms. The Kier molecular flexibility index (Phi) is 5.33. The molecule has 4 nitrogen and oxygen atoms in total. The van der Waals surface area contributed by atoms with Crippen molar-refractivity contribution in [1.82, 2.24) is 4.98 Å². The van der Waals surface area contributed by atoms with Crippen LogP contribution in [0.1, 0.15) is 18.1 Å². The molecule has 0 saturated heterocycles. The largest absolute Gasteiger partial charge is 0.250 e. The Labute approximate surface area is 132 Å². The molecule has 5 heteroatoms. The van der Waals surface area contributed by atoms with Crippen molar-refractivity contribution in [1.29, 1.82) is 0 Å². The van der Waals surface area contributed by atoms with Crippen molar-refractivity contribution in [3.05, 3.63) is 65.9 Å². The van der Waals surface area contributed by atoms with Crippen molar-refractivity contribution in [2.24, 2.45) is 0 Å². The Hall–Kier alpha value is -2.14. The van der Waals surface area contributed by atoms with E-state index >= 15 is 0 Å². The van der Waals surface area contributed by atoms with E-state index in [2.05, 4.69) is 4.98 Å². The Bertz CT molecular complexity index is 740. The molecule has 0 atom stereocenters. The maximum Gasteiger partial charge on any atom is 0.233 e. The molecule has 0 fully saturated rings. The number of pyridine rings is 1. The molecular formula is C17H20N2O2S. The molecule has 1 aromatic heterocycles. The van der Waals surface area contributed by atoms with E-state index in [-0.39, 0.29) is 6.54 Å². The third-order valence-electron chi connectivity index (χ3n) is 3.26. The first kappa shape index (κ1) is 16.2. The van der Waals surface area contributed by atoms with E-state index in [1.54, 1.807) is 6.20 Å². The SMILES string of the molecule is CCc1ccnc(N(CC=Cc2ccccc2)S(C)(=O)=O)c1. The predicted octanol–water partition coefficient (Wildman–Crippen LogP) is 3.12. The van der Waals surface area contributed by atoms with Crippen LogP contribution in [0.3, 0.4) is 0 Å². The van der Waals surface area contributed by atoms with Gasteiger partial charge in [-0.2, -0.15) is 0 Å². The third-order valence-corrected chi connectivity index (χ3v) is 4.39. The standard InChI is InChI=1S/C17H20N2O2S/c1-3-15-11-12-18-17(14-15)19(22(2,20)21)13-7-10-16-8-5-4-6-9-16/h4-12,14H,3,13H2,1-2H3. The van der Waals surface area contributed by atoms with Crippen LogP contribution in [-0.4, -0.2) is 26.2 Å². The number of hydrogen-bond acceptors (Lipinski definition) is 3. The lowest BCUT2D eigenvalue weighted by molar-refractivity contribution is 0.598. The van der Waals surface area contributed by atoms with Crippen molar-refractivity contribution >= 4 is 21.9 Å². The lowest BCUT2D eigenvalue weighted by Gasteiger charge is -2.20. The van der Waals surface area contributed by atoms with Gasteiger partial charge in [0.15, 0.2) is 0 Å². The van der Waals surface area contributed by atoms with Gasteiger partial charge in [0.2, 0.25) is 10.0 Å². The summed E-state index contributed by atoms with van der Waals surface area (Å²) in [6.07, 6.45) is 7.42. The molecule has 0 N–H and O–H groups in total. The zero-order valence-electron chi connectivity index (χ0n) is 12.8. The van der Waals surface area contributed by atoms with E-state index in [9.17, 15) is 8.42 Å². The van der Waals surface area contributed by atoms with Gasteiger partial charge in [0.25, 0.3) is 0 Å². The number of nitrogens with zero attached hydrogens (tertiary/aromatic N) is 2. The molecule has 1 aromatic carbocycles. The molecule has 2 aromatic rings. The second kappa shape index (κ2) is 7.22. The summed E-state index contributed by atoms with van der Waals surface area (Å²) in [5.41, 5.74) is 2.09. The number of rotatable bonds is 6. The molecular weight excluding hydrogens is 296 g/mol. The summed E-state index contributed by atoms with van der Waals surface area (Å²) in [6.45, 7) is 2.28. The summed E-state index contributed by atoms with van der Waals surface area (Å²) in [5, 5.41) is 0. The summed E-state index contributed by atoms with van der Waals surface area (Å²) < 4.78 is 25.4. The molecule has 22 heavy (non-hydrogen) atoms. The number of anilines is 1. The normalized spacial score (nSPS) is 11.7. The lowest BCUT2D eigenvalue weighted by Crippen LogP contribution is -2.30. The van der Waals surface area contributed by atoms with Gasteiger partial charge < -0.3 is 0 Å². The highest BCUT2D eigenvalue weighted by Gasteiger charge is 2.17. The van der Waals surface area contributed by atoms with Crippen LogP contribution >= 0.6 is 0 Å². The summed E-state index contributed by atoms with van der Waals surface area (Å²) in [7, 11) is -3.38.